The standard InChI is InChI=1S/C26H52O2.C2H7P/c1-4-7-10-13-16-19-22-26(25(27)28,23-20-17-14-11-8-5-2)24-21-18-15-12-9-6-3;1-2-3/h4-24H2,1-3H3,(H,27,28);2-3H2,1H3. The zero-order valence-electron chi connectivity index (χ0n) is 22.0. The van der Waals surface area contributed by atoms with E-state index in [2.05, 4.69) is 36.9 Å². The molecule has 0 aromatic rings. The highest BCUT2D eigenvalue weighted by Gasteiger charge is 2.36. The van der Waals surface area contributed by atoms with Crippen LogP contribution in [0.4, 0.5) is 0 Å². The third-order valence-electron chi connectivity index (χ3n) is 6.48. The van der Waals surface area contributed by atoms with Crippen LogP contribution in [-0.2, 0) is 4.79 Å². The molecule has 0 spiro atoms. The Labute approximate surface area is 199 Å². The average molecular weight is 459 g/mol. The van der Waals surface area contributed by atoms with E-state index in [9.17, 15) is 9.90 Å². The molecule has 0 fully saturated rings. The van der Waals surface area contributed by atoms with E-state index in [-0.39, 0.29) is 0 Å². The average Bonchev–Trinajstić information content (AvgIpc) is 2.75. The van der Waals surface area contributed by atoms with Gasteiger partial charge in [-0.05, 0) is 25.4 Å². The minimum Gasteiger partial charge on any atom is -0.481 e. The third kappa shape index (κ3) is 21.5. The van der Waals surface area contributed by atoms with Gasteiger partial charge in [-0.3, -0.25) is 4.79 Å². The van der Waals surface area contributed by atoms with Crippen LogP contribution in [0.1, 0.15) is 163 Å². The predicted molar refractivity (Wildman–Crippen MR) is 144 cm³/mol. The summed E-state index contributed by atoms with van der Waals surface area (Å²) in [5, 5.41) is 10.1. The maximum Gasteiger partial charge on any atom is 0.309 e. The highest BCUT2D eigenvalue weighted by Crippen LogP contribution is 2.38. The Morgan fingerprint density at radius 2 is 0.774 bits per heavy atom. The van der Waals surface area contributed by atoms with Crippen LogP contribution in [0.5, 0.6) is 0 Å². The summed E-state index contributed by atoms with van der Waals surface area (Å²) in [5.41, 5.74) is -0.444. The molecule has 0 aliphatic heterocycles. The lowest BCUT2D eigenvalue weighted by atomic mass is 9.74. The minimum absolute atomic E-state index is 0.444. The first kappa shape index (κ1) is 33.1. The normalized spacial score (nSPS) is 11.3. The highest BCUT2D eigenvalue weighted by atomic mass is 31.0. The Balaban J connectivity index is 0. The third-order valence-corrected chi connectivity index (χ3v) is 6.48. The van der Waals surface area contributed by atoms with Gasteiger partial charge in [0.25, 0.3) is 0 Å². The summed E-state index contributed by atoms with van der Waals surface area (Å²) >= 11 is 0. The maximum atomic E-state index is 12.3. The summed E-state index contributed by atoms with van der Waals surface area (Å²) in [6.45, 7) is 8.83. The van der Waals surface area contributed by atoms with E-state index in [0.717, 1.165) is 38.5 Å². The monoisotopic (exact) mass is 458 g/mol. The number of rotatable bonds is 22. The van der Waals surface area contributed by atoms with Gasteiger partial charge in [-0.1, -0.05) is 143 Å². The second kappa shape index (κ2) is 26.2. The van der Waals surface area contributed by atoms with Crippen LogP contribution in [0.3, 0.4) is 0 Å². The smallest absolute Gasteiger partial charge is 0.309 e. The van der Waals surface area contributed by atoms with Gasteiger partial charge in [0, 0.05) is 0 Å². The number of carboxylic acids is 1. The lowest BCUT2D eigenvalue weighted by molar-refractivity contribution is -0.150. The summed E-state index contributed by atoms with van der Waals surface area (Å²) in [7, 11) is 2.58. The molecule has 31 heavy (non-hydrogen) atoms. The Morgan fingerprint density at radius 1 is 0.548 bits per heavy atom. The molecule has 0 bridgehead atoms. The van der Waals surface area contributed by atoms with E-state index >= 15 is 0 Å². The van der Waals surface area contributed by atoms with Crippen molar-refractivity contribution in [2.75, 3.05) is 6.16 Å². The molecule has 2 nitrogen and oxygen atoms in total. The van der Waals surface area contributed by atoms with Crippen LogP contribution >= 0.6 is 9.24 Å². The van der Waals surface area contributed by atoms with Crippen LogP contribution in [0.25, 0.3) is 0 Å². The van der Waals surface area contributed by atoms with Gasteiger partial charge in [0.1, 0.15) is 0 Å². The molecule has 1 atom stereocenters. The zero-order valence-corrected chi connectivity index (χ0v) is 23.1. The van der Waals surface area contributed by atoms with Crippen LogP contribution in [0.15, 0.2) is 0 Å². The maximum absolute atomic E-state index is 12.3. The van der Waals surface area contributed by atoms with Crippen LogP contribution in [-0.4, -0.2) is 17.2 Å². The largest absolute Gasteiger partial charge is 0.481 e. The van der Waals surface area contributed by atoms with E-state index < -0.39 is 11.4 Å². The number of hydrogen-bond donors (Lipinski definition) is 1. The molecule has 0 aromatic carbocycles. The SMILES string of the molecule is CCCCCCCCC(CCCCCCCC)(CCCCCCCC)C(=O)O.CCP. The number of carboxylic acid groups (broad SMARTS) is 1. The molecule has 0 amide bonds. The topological polar surface area (TPSA) is 37.3 Å². The van der Waals surface area contributed by atoms with Crippen molar-refractivity contribution >= 4 is 15.2 Å². The van der Waals surface area contributed by atoms with Crippen LogP contribution in [0, 0.1) is 5.41 Å². The van der Waals surface area contributed by atoms with Gasteiger partial charge in [-0.25, -0.2) is 0 Å². The van der Waals surface area contributed by atoms with Gasteiger partial charge in [0.05, 0.1) is 5.41 Å². The second-order valence-electron chi connectivity index (χ2n) is 9.55. The fraction of sp³-hybridized carbons (Fsp3) is 0.964. The number of carbonyl (C=O) groups is 1. The summed E-state index contributed by atoms with van der Waals surface area (Å²) in [6, 6.07) is 0. The van der Waals surface area contributed by atoms with Gasteiger partial charge in [-0.15, -0.1) is 9.24 Å². The van der Waals surface area contributed by atoms with Crippen molar-refractivity contribution in [3.8, 4) is 0 Å². The Kier molecular flexibility index (Phi) is 27.9. The number of aliphatic carboxylic acids is 1. The predicted octanol–water partition coefficient (Wildman–Crippen LogP) is 10.2. The molecule has 0 rings (SSSR count). The van der Waals surface area contributed by atoms with Crippen molar-refractivity contribution in [3.05, 3.63) is 0 Å². The Hall–Kier alpha value is -0.100. The van der Waals surface area contributed by atoms with Crippen molar-refractivity contribution in [3.63, 3.8) is 0 Å². The highest BCUT2D eigenvalue weighted by molar-refractivity contribution is 7.16. The summed E-state index contributed by atoms with van der Waals surface area (Å²) < 4.78 is 0. The van der Waals surface area contributed by atoms with Crippen molar-refractivity contribution in [2.24, 2.45) is 5.41 Å². The molecule has 0 aliphatic rings. The molecule has 0 aromatic heterocycles. The Bertz CT molecular complexity index is 316. The molecule has 0 radical (unpaired) electrons. The van der Waals surface area contributed by atoms with E-state index in [0.29, 0.717) is 0 Å². The van der Waals surface area contributed by atoms with E-state index in [1.165, 1.54) is 102 Å². The van der Waals surface area contributed by atoms with E-state index in [4.69, 9.17) is 0 Å². The first-order valence-electron chi connectivity index (χ1n) is 14.0. The molecule has 188 valence electrons. The van der Waals surface area contributed by atoms with Crippen molar-refractivity contribution in [1.82, 2.24) is 0 Å². The van der Waals surface area contributed by atoms with E-state index in [1.54, 1.807) is 0 Å². The molecule has 0 saturated carbocycles. The molecule has 1 N–H and O–H groups in total. The van der Waals surface area contributed by atoms with Gasteiger partial charge in [0.15, 0.2) is 0 Å². The van der Waals surface area contributed by atoms with E-state index in [1.807, 2.05) is 0 Å². The molecule has 3 heteroatoms. The van der Waals surface area contributed by atoms with Crippen LogP contribution in [0.2, 0.25) is 0 Å². The Morgan fingerprint density at radius 3 is 1.00 bits per heavy atom. The van der Waals surface area contributed by atoms with Crippen molar-refractivity contribution in [1.29, 1.82) is 0 Å². The van der Waals surface area contributed by atoms with Gasteiger partial charge in [0.2, 0.25) is 0 Å². The van der Waals surface area contributed by atoms with Crippen LogP contribution < -0.4 is 0 Å². The first-order chi connectivity index (χ1) is 15.0. The van der Waals surface area contributed by atoms with Gasteiger partial charge in [-0.2, -0.15) is 0 Å². The molecule has 0 heterocycles. The molecule has 0 aliphatic carbocycles. The minimum atomic E-state index is -0.511. The number of unbranched alkanes of at least 4 members (excludes halogenated alkanes) is 15. The molecule has 1 unspecified atom stereocenters. The molecular formula is C28H59O2P. The number of hydrogen-bond acceptors (Lipinski definition) is 1. The zero-order chi connectivity index (χ0) is 23.6. The van der Waals surface area contributed by atoms with Crippen molar-refractivity contribution < 1.29 is 9.90 Å². The lowest BCUT2D eigenvalue weighted by Crippen LogP contribution is -2.31. The fourth-order valence-electron chi connectivity index (χ4n) is 4.43. The summed E-state index contributed by atoms with van der Waals surface area (Å²) in [6.07, 6.45) is 26.3. The first-order valence-corrected chi connectivity index (χ1v) is 14.8. The molecular weight excluding hydrogens is 399 g/mol. The van der Waals surface area contributed by atoms with Gasteiger partial charge < -0.3 is 5.11 Å². The summed E-state index contributed by atoms with van der Waals surface area (Å²) in [5.74, 6) is -0.511. The van der Waals surface area contributed by atoms with Crippen molar-refractivity contribution in [2.45, 2.75) is 163 Å². The fourth-order valence-corrected chi connectivity index (χ4v) is 4.43. The molecule has 0 saturated heterocycles. The lowest BCUT2D eigenvalue weighted by Gasteiger charge is -2.30. The van der Waals surface area contributed by atoms with Gasteiger partial charge >= 0.3 is 5.97 Å². The quantitative estimate of drug-likeness (QED) is 0.129. The second-order valence-corrected chi connectivity index (χ2v) is 10.4. The summed E-state index contributed by atoms with van der Waals surface area (Å²) in [4.78, 5) is 12.3.